The van der Waals surface area contributed by atoms with Crippen LogP contribution >= 0.6 is 0 Å². The molecule has 1 fully saturated rings. The number of hydrogen-bond donors (Lipinski definition) is 1. The average Bonchev–Trinajstić information content (AvgIpc) is 2.29. The van der Waals surface area contributed by atoms with Crippen LogP contribution in [0.4, 0.5) is 0 Å². The maximum absolute atomic E-state index is 10.9. The smallest absolute Gasteiger partial charge is 0.0899 e. The Bertz CT molecular complexity index is 412. The Morgan fingerprint density at radius 3 is 2.28 bits per heavy atom. The molecule has 0 atom stereocenters. The minimum atomic E-state index is -0.580. The van der Waals surface area contributed by atoms with Gasteiger partial charge in [-0.2, -0.15) is 0 Å². The van der Waals surface area contributed by atoms with Crippen LogP contribution in [-0.4, -0.2) is 5.11 Å². The Morgan fingerprint density at radius 1 is 1.17 bits per heavy atom. The van der Waals surface area contributed by atoms with Gasteiger partial charge in [-0.15, -0.1) is 0 Å². The lowest BCUT2D eigenvalue weighted by molar-refractivity contribution is -0.0204. The first-order valence-electron chi connectivity index (χ1n) is 7.22. The summed E-state index contributed by atoms with van der Waals surface area (Å²) in [6.07, 6.45) is 4.14. The lowest BCUT2D eigenvalue weighted by atomic mass is 9.71. The van der Waals surface area contributed by atoms with Crippen molar-refractivity contribution in [2.45, 2.75) is 59.0 Å². The Kier molecular flexibility index (Phi) is 3.82. The van der Waals surface area contributed by atoms with Gasteiger partial charge in [0, 0.05) is 0 Å². The summed E-state index contributed by atoms with van der Waals surface area (Å²) in [5, 5.41) is 10.9. The molecule has 0 heterocycles. The van der Waals surface area contributed by atoms with E-state index in [1.54, 1.807) is 0 Å². The monoisotopic (exact) mass is 246 g/mol. The number of hydrogen-bond acceptors (Lipinski definition) is 1. The minimum Gasteiger partial charge on any atom is -0.385 e. The molecule has 0 saturated heterocycles. The Hall–Kier alpha value is -0.820. The van der Waals surface area contributed by atoms with Crippen molar-refractivity contribution in [3.8, 4) is 0 Å². The third-order valence-electron chi connectivity index (χ3n) is 4.68. The van der Waals surface area contributed by atoms with Crippen molar-refractivity contribution in [1.29, 1.82) is 0 Å². The van der Waals surface area contributed by atoms with Gasteiger partial charge in [-0.3, -0.25) is 0 Å². The molecule has 0 aromatic heterocycles. The van der Waals surface area contributed by atoms with Crippen molar-refractivity contribution in [3.05, 3.63) is 34.9 Å². The van der Waals surface area contributed by atoms with Crippen LogP contribution in [0, 0.1) is 25.7 Å². The SMILES string of the molecule is Cc1ccc(C2(O)CCC(C(C)C)CC2)c(C)c1. The van der Waals surface area contributed by atoms with E-state index in [9.17, 15) is 5.11 Å². The van der Waals surface area contributed by atoms with E-state index in [0.29, 0.717) is 0 Å². The molecule has 0 radical (unpaired) electrons. The van der Waals surface area contributed by atoms with Crippen molar-refractivity contribution in [3.63, 3.8) is 0 Å². The van der Waals surface area contributed by atoms with Gasteiger partial charge in [-0.1, -0.05) is 37.6 Å². The summed E-state index contributed by atoms with van der Waals surface area (Å²) in [6, 6.07) is 6.43. The molecule has 2 rings (SSSR count). The molecule has 1 aromatic rings. The predicted molar refractivity (Wildman–Crippen MR) is 76.6 cm³/mol. The lowest BCUT2D eigenvalue weighted by Gasteiger charge is -2.38. The Balaban J connectivity index is 2.18. The van der Waals surface area contributed by atoms with Crippen molar-refractivity contribution >= 4 is 0 Å². The van der Waals surface area contributed by atoms with Gasteiger partial charge >= 0.3 is 0 Å². The van der Waals surface area contributed by atoms with Crippen molar-refractivity contribution in [1.82, 2.24) is 0 Å². The number of aliphatic hydroxyl groups is 1. The van der Waals surface area contributed by atoms with Gasteiger partial charge in [0.05, 0.1) is 5.60 Å². The molecule has 1 aromatic carbocycles. The molecule has 100 valence electrons. The minimum absolute atomic E-state index is 0.580. The van der Waals surface area contributed by atoms with Crippen molar-refractivity contribution < 1.29 is 5.11 Å². The largest absolute Gasteiger partial charge is 0.385 e. The van der Waals surface area contributed by atoms with Gasteiger partial charge in [-0.25, -0.2) is 0 Å². The second-order valence-electron chi connectivity index (χ2n) is 6.43. The third kappa shape index (κ3) is 2.61. The molecule has 1 saturated carbocycles. The number of aryl methyl sites for hydroxylation is 2. The van der Waals surface area contributed by atoms with E-state index in [1.807, 2.05) is 0 Å². The highest BCUT2D eigenvalue weighted by atomic mass is 16.3. The van der Waals surface area contributed by atoms with E-state index in [0.717, 1.165) is 43.1 Å². The maximum Gasteiger partial charge on any atom is 0.0899 e. The van der Waals surface area contributed by atoms with Crippen LogP contribution in [0.3, 0.4) is 0 Å². The molecule has 1 N–H and O–H groups in total. The summed E-state index contributed by atoms with van der Waals surface area (Å²) < 4.78 is 0. The predicted octanol–water partition coefficient (Wildman–Crippen LogP) is 4.34. The summed E-state index contributed by atoms with van der Waals surface area (Å²) in [5.41, 5.74) is 3.08. The molecule has 1 aliphatic rings. The van der Waals surface area contributed by atoms with Gasteiger partial charge in [0.25, 0.3) is 0 Å². The fraction of sp³-hybridized carbons (Fsp3) is 0.647. The van der Waals surface area contributed by atoms with E-state index >= 15 is 0 Å². The molecular formula is C17H26O. The van der Waals surface area contributed by atoms with E-state index in [4.69, 9.17) is 0 Å². The molecule has 18 heavy (non-hydrogen) atoms. The highest BCUT2D eigenvalue weighted by Crippen LogP contribution is 2.42. The summed E-state index contributed by atoms with van der Waals surface area (Å²) >= 11 is 0. The van der Waals surface area contributed by atoms with Crippen molar-refractivity contribution in [2.24, 2.45) is 11.8 Å². The summed E-state index contributed by atoms with van der Waals surface area (Å²) in [4.78, 5) is 0. The van der Waals surface area contributed by atoms with Gasteiger partial charge < -0.3 is 5.11 Å². The zero-order valence-corrected chi connectivity index (χ0v) is 12.2. The molecular weight excluding hydrogens is 220 g/mol. The Morgan fingerprint density at radius 2 is 1.78 bits per heavy atom. The fourth-order valence-corrected chi connectivity index (χ4v) is 3.39. The first-order chi connectivity index (χ1) is 8.42. The highest BCUT2D eigenvalue weighted by molar-refractivity contribution is 5.35. The zero-order valence-electron chi connectivity index (χ0n) is 12.2. The molecule has 0 spiro atoms. The normalized spacial score (nSPS) is 28.7. The fourth-order valence-electron chi connectivity index (χ4n) is 3.39. The van der Waals surface area contributed by atoms with E-state index in [2.05, 4.69) is 45.9 Å². The molecule has 1 nitrogen and oxygen atoms in total. The number of benzene rings is 1. The van der Waals surface area contributed by atoms with Crippen LogP contribution in [0.2, 0.25) is 0 Å². The van der Waals surface area contributed by atoms with Crippen LogP contribution in [-0.2, 0) is 5.60 Å². The quantitative estimate of drug-likeness (QED) is 0.823. The van der Waals surface area contributed by atoms with E-state index < -0.39 is 5.60 Å². The second-order valence-corrected chi connectivity index (χ2v) is 6.43. The lowest BCUT2D eigenvalue weighted by Crippen LogP contribution is -2.33. The highest BCUT2D eigenvalue weighted by Gasteiger charge is 2.36. The topological polar surface area (TPSA) is 20.2 Å². The Labute approximate surface area is 111 Å². The van der Waals surface area contributed by atoms with Gasteiger partial charge in [0.2, 0.25) is 0 Å². The standard InChI is InChI=1S/C17H26O/c1-12(2)15-7-9-17(18,10-8-15)16-6-5-13(3)11-14(16)4/h5-6,11-12,15,18H,7-10H2,1-4H3. The van der Waals surface area contributed by atoms with E-state index in [1.165, 1.54) is 11.1 Å². The maximum atomic E-state index is 10.9. The van der Waals surface area contributed by atoms with Crippen LogP contribution in [0.15, 0.2) is 18.2 Å². The molecule has 1 aliphatic carbocycles. The molecule has 0 amide bonds. The van der Waals surface area contributed by atoms with Crippen LogP contribution in [0.1, 0.15) is 56.2 Å². The summed E-state index contributed by atoms with van der Waals surface area (Å²) in [6.45, 7) is 8.82. The first-order valence-corrected chi connectivity index (χ1v) is 7.22. The average molecular weight is 246 g/mol. The summed E-state index contributed by atoms with van der Waals surface area (Å²) in [5.74, 6) is 1.53. The van der Waals surface area contributed by atoms with Gasteiger partial charge in [0.1, 0.15) is 0 Å². The molecule has 0 bridgehead atoms. The van der Waals surface area contributed by atoms with Crippen molar-refractivity contribution in [2.75, 3.05) is 0 Å². The number of rotatable bonds is 2. The molecule has 0 aliphatic heterocycles. The molecule has 1 heteroatoms. The van der Waals surface area contributed by atoms with Crippen LogP contribution < -0.4 is 0 Å². The first kappa shape index (κ1) is 13.6. The second kappa shape index (κ2) is 5.05. The summed E-state index contributed by atoms with van der Waals surface area (Å²) in [7, 11) is 0. The van der Waals surface area contributed by atoms with Crippen LogP contribution in [0.5, 0.6) is 0 Å². The van der Waals surface area contributed by atoms with Gasteiger partial charge in [-0.05, 0) is 62.5 Å². The van der Waals surface area contributed by atoms with Gasteiger partial charge in [0.15, 0.2) is 0 Å². The zero-order chi connectivity index (χ0) is 13.3. The van der Waals surface area contributed by atoms with E-state index in [-0.39, 0.29) is 0 Å². The molecule has 0 unspecified atom stereocenters. The third-order valence-corrected chi connectivity index (χ3v) is 4.68. The van der Waals surface area contributed by atoms with Crippen LogP contribution in [0.25, 0.3) is 0 Å².